The number of methoxy groups -OCH3 is 1. The van der Waals surface area contributed by atoms with Crippen LogP contribution >= 0.6 is 15.9 Å². The van der Waals surface area contributed by atoms with Crippen LogP contribution in [-0.4, -0.2) is 50.0 Å². The zero-order valence-electron chi connectivity index (χ0n) is 16.5. The van der Waals surface area contributed by atoms with Crippen molar-refractivity contribution in [2.75, 3.05) is 33.3 Å². The summed E-state index contributed by atoms with van der Waals surface area (Å²) in [6, 6.07) is 15.1. The summed E-state index contributed by atoms with van der Waals surface area (Å²) in [5.41, 5.74) is 1.63. The molecule has 2 N–H and O–H groups in total. The molecule has 0 bridgehead atoms. The molecule has 0 aliphatic carbocycles. The fourth-order valence-electron chi connectivity index (χ4n) is 3.53. The Labute approximate surface area is 179 Å². The minimum Gasteiger partial charge on any atom is -0.497 e. The molecule has 3 rings (SSSR count). The van der Waals surface area contributed by atoms with Crippen LogP contribution < -0.4 is 15.4 Å². The second-order valence-corrected chi connectivity index (χ2v) is 7.95. The van der Waals surface area contributed by atoms with Gasteiger partial charge in [-0.1, -0.05) is 34.1 Å². The molecule has 1 aliphatic rings. The molecule has 1 fully saturated rings. The van der Waals surface area contributed by atoms with E-state index in [1.165, 1.54) is 0 Å². The van der Waals surface area contributed by atoms with Gasteiger partial charge in [0.15, 0.2) is 0 Å². The summed E-state index contributed by atoms with van der Waals surface area (Å²) >= 11 is 3.34. The van der Waals surface area contributed by atoms with Gasteiger partial charge >= 0.3 is 0 Å². The van der Waals surface area contributed by atoms with Gasteiger partial charge < -0.3 is 15.4 Å². The predicted octanol–water partition coefficient (Wildman–Crippen LogP) is 3.14. The highest BCUT2D eigenvalue weighted by Crippen LogP contribution is 2.27. The van der Waals surface area contributed by atoms with Gasteiger partial charge in [0.2, 0.25) is 5.91 Å². The van der Waals surface area contributed by atoms with Crippen molar-refractivity contribution in [1.82, 2.24) is 15.5 Å². The average molecular weight is 460 g/mol. The van der Waals surface area contributed by atoms with E-state index >= 15 is 0 Å². The van der Waals surface area contributed by atoms with Crippen molar-refractivity contribution < 1.29 is 14.3 Å². The van der Waals surface area contributed by atoms with Gasteiger partial charge in [0.05, 0.1) is 19.7 Å². The summed E-state index contributed by atoms with van der Waals surface area (Å²) in [6.45, 7) is 2.45. The van der Waals surface area contributed by atoms with Crippen molar-refractivity contribution >= 4 is 27.7 Å². The lowest BCUT2D eigenvalue weighted by molar-refractivity contribution is -0.120. The second-order valence-electron chi connectivity index (χ2n) is 7.03. The molecule has 1 heterocycles. The van der Waals surface area contributed by atoms with Gasteiger partial charge in [-0.05, 0) is 61.8 Å². The van der Waals surface area contributed by atoms with Gasteiger partial charge in [0.25, 0.3) is 5.91 Å². The number of hydrogen-bond acceptors (Lipinski definition) is 4. The molecule has 1 saturated heterocycles. The van der Waals surface area contributed by atoms with Crippen LogP contribution in [0.5, 0.6) is 5.75 Å². The summed E-state index contributed by atoms with van der Waals surface area (Å²) in [6.07, 6.45) is 2.33. The average Bonchev–Trinajstić information content (AvgIpc) is 3.27. The maximum absolute atomic E-state index is 12.3. The Bertz CT molecular complexity index is 853. The fourth-order valence-corrected chi connectivity index (χ4v) is 3.92. The quantitative estimate of drug-likeness (QED) is 0.635. The molecule has 0 radical (unpaired) electrons. The van der Waals surface area contributed by atoms with Crippen LogP contribution in [0, 0.1) is 0 Å². The highest BCUT2D eigenvalue weighted by Gasteiger charge is 2.24. The third kappa shape index (κ3) is 6.05. The molecule has 1 unspecified atom stereocenters. The Morgan fingerprint density at radius 1 is 1.10 bits per heavy atom. The number of nitrogens with one attached hydrogen (secondary N) is 2. The van der Waals surface area contributed by atoms with E-state index in [0.29, 0.717) is 12.1 Å². The molecule has 29 heavy (non-hydrogen) atoms. The molecule has 2 amide bonds. The number of benzene rings is 2. The molecule has 0 spiro atoms. The summed E-state index contributed by atoms with van der Waals surface area (Å²) in [7, 11) is 1.65. The minimum atomic E-state index is -0.273. The number of halogens is 1. The number of amides is 2. The van der Waals surface area contributed by atoms with Gasteiger partial charge in [0.1, 0.15) is 5.75 Å². The normalized spacial score (nSPS) is 15.0. The lowest BCUT2D eigenvalue weighted by Crippen LogP contribution is -2.41. The third-order valence-corrected chi connectivity index (χ3v) is 5.54. The zero-order valence-corrected chi connectivity index (χ0v) is 18.1. The van der Waals surface area contributed by atoms with Crippen LogP contribution in [0.4, 0.5) is 0 Å². The smallest absolute Gasteiger partial charge is 0.251 e. The van der Waals surface area contributed by atoms with E-state index in [2.05, 4.69) is 37.5 Å². The lowest BCUT2D eigenvalue weighted by Gasteiger charge is -2.28. The monoisotopic (exact) mass is 459 g/mol. The number of carbonyl (C=O) groups excluding carboxylic acids is 2. The molecule has 6 nitrogen and oxygen atoms in total. The highest BCUT2D eigenvalue weighted by molar-refractivity contribution is 9.10. The highest BCUT2D eigenvalue weighted by atomic mass is 79.9. The Hall–Kier alpha value is -2.38. The number of rotatable bonds is 8. The van der Waals surface area contributed by atoms with Crippen molar-refractivity contribution in [3.8, 4) is 5.75 Å². The van der Waals surface area contributed by atoms with Crippen LogP contribution in [0.1, 0.15) is 34.8 Å². The van der Waals surface area contributed by atoms with Crippen molar-refractivity contribution in [2.45, 2.75) is 18.9 Å². The Morgan fingerprint density at radius 3 is 2.59 bits per heavy atom. The maximum atomic E-state index is 12.3. The molecule has 7 heteroatoms. The van der Waals surface area contributed by atoms with Crippen LogP contribution in [0.15, 0.2) is 53.0 Å². The van der Waals surface area contributed by atoms with Crippen LogP contribution in [-0.2, 0) is 4.79 Å². The molecule has 2 aromatic rings. The minimum absolute atomic E-state index is 0.0593. The van der Waals surface area contributed by atoms with E-state index in [4.69, 9.17) is 4.74 Å². The first-order chi connectivity index (χ1) is 14.1. The first-order valence-electron chi connectivity index (χ1n) is 9.75. The zero-order chi connectivity index (χ0) is 20.6. The van der Waals surface area contributed by atoms with E-state index < -0.39 is 0 Å². The second kappa shape index (κ2) is 10.4. The molecule has 154 valence electrons. The molecule has 1 atom stereocenters. The van der Waals surface area contributed by atoms with Crippen LogP contribution in [0.25, 0.3) is 0 Å². The van der Waals surface area contributed by atoms with E-state index in [-0.39, 0.29) is 24.4 Å². The van der Waals surface area contributed by atoms with Gasteiger partial charge in [-0.25, -0.2) is 0 Å². The Kier molecular flexibility index (Phi) is 7.66. The molecular weight excluding hydrogens is 434 g/mol. The van der Waals surface area contributed by atoms with Gasteiger partial charge in [0, 0.05) is 16.6 Å². The van der Waals surface area contributed by atoms with Gasteiger partial charge in [-0.3, -0.25) is 14.5 Å². The Morgan fingerprint density at radius 2 is 1.86 bits per heavy atom. The lowest BCUT2D eigenvalue weighted by atomic mass is 10.0. The van der Waals surface area contributed by atoms with E-state index in [1.807, 2.05) is 24.3 Å². The van der Waals surface area contributed by atoms with E-state index in [0.717, 1.165) is 41.7 Å². The predicted molar refractivity (Wildman–Crippen MR) is 116 cm³/mol. The summed E-state index contributed by atoms with van der Waals surface area (Å²) < 4.78 is 6.17. The standard InChI is InChI=1S/C22H26BrN3O3/c1-29-19-9-5-6-16(13-19)20(26-10-2-3-11-26)14-24-21(27)15-25-22(28)17-7-4-8-18(23)12-17/h4-9,12-13,20H,2-3,10-11,14-15H2,1H3,(H,24,27)(H,25,28). The number of nitrogens with zero attached hydrogens (tertiary/aromatic N) is 1. The summed E-state index contributed by atoms with van der Waals surface area (Å²) in [5, 5.41) is 5.64. The molecule has 1 aliphatic heterocycles. The summed E-state index contributed by atoms with van der Waals surface area (Å²) in [5.74, 6) is 0.324. The maximum Gasteiger partial charge on any atom is 0.251 e. The number of carbonyl (C=O) groups is 2. The molecular formula is C22H26BrN3O3. The largest absolute Gasteiger partial charge is 0.497 e. The summed E-state index contributed by atoms with van der Waals surface area (Å²) in [4.78, 5) is 26.9. The number of ether oxygens (including phenoxy) is 1. The first kappa shape index (κ1) is 21.3. The van der Waals surface area contributed by atoms with Crippen molar-refractivity contribution in [2.24, 2.45) is 0 Å². The van der Waals surface area contributed by atoms with E-state index in [9.17, 15) is 9.59 Å². The molecule has 2 aromatic carbocycles. The molecule has 0 aromatic heterocycles. The van der Waals surface area contributed by atoms with E-state index in [1.54, 1.807) is 25.3 Å². The van der Waals surface area contributed by atoms with Gasteiger partial charge in [-0.15, -0.1) is 0 Å². The van der Waals surface area contributed by atoms with Crippen molar-refractivity contribution in [1.29, 1.82) is 0 Å². The molecule has 0 saturated carbocycles. The third-order valence-electron chi connectivity index (χ3n) is 5.05. The SMILES string of the molecule is COc1cccc(C(CNC(=O)CNC(=O)c2cccc(Br)c2)N2CCCC2)c1. The first-order valence-corrected chi connectivity index (χ1v) is 10.5. The number of hydrogen-bond donors (Lipinski definition) is 2. The topological polar surface area (TPSA) is 70.7 Å². The van der Waals surface area contributed by atoms with Crippen LogP contribution in [0.2, 0.25) is 0 Å². The van der Waals surface area contributed by atoms with Crippen molar-refractivity contribution in [3.63, 3.8) is 0 Å². The van der Waals surface area contributed by atoms with Crippen LogP contribution in [0.3, 0.4) is 0 Å². The fraction of sp³-hybridized carbons (Fsp3) is 0.364. The van der Waals surface area contributed by atoms with Crippen molar-refractivity contribution in [3.05, 3.63) is 64.1 Å². The van der Waals surface area contributed by atoms with Gasteiger partial charge in [-0.2, -0.15) is 0 Å². The number of likely N-dealkylation sites (tertiary alicyclic amines) is 1. The Balaban J connectivity index is 1.57.